The number of hydrogen-bond acceptors (Lipinski definition) is 5. The SMILES string of the molecule is CC/C=C\C/C=C\C/C=C\C/C=C\C/C=C\C/C=C\CCCCCCCCCCCCCCCCCCCCCCC(=O)OC(CO)COC(=O)CCCCCCCCCCCCCCCCC. The summed E-state index contributed by atoms with van der Waals surface area (Å²) in [7, 11) is 0. The van der Waals surface area contributed by atoms with E-state index in [9.17, 15) is 14.7 Å². The first-order valence-corrected chi connectivity index (χ1v) is 29.5. The van der Waals surface area contributed by atoms with Crippen LogP contribution >= 0.6 is 0 Å². The van der Waals surface area contributed by atoms with E-state index < -0.39 is 6.10 Å². The number of rotatable bonds is 54. The zero-order valence-corrected chi connectivity index (χ0v) is 45.1. The van der Waals surface area contributed by atoms with Crippen LogP contribution in [0.3, 0.4) is 0 Å². The molecule has 1 unspecified atom stereocenters. The number of esters is 2. The molecule has 0 radical (unpaired) electrons. The lowest BCUT2D eigenvalue weighted by Crippen LogP contribution is -2.28. The normalized spacial score (nSPS) is 12.7. The Balaban J connectivity index is 3.42. The molecule has 0 heterocycles. The Morgan fingerprint density at radius 1 is 0.353 bits per heavy atom. The van der Waals surface area contributed by atoms with Gasteiger partial charge in [0.25, 0.3) is 0 Å². The average molecular weight is 950 g/mol. The number of hydrogen-bond donors (Lipinski definition) is 1. The van der Waals surface area contributed by atoms with Gasteiger partial charge in [-0.15, -0.1) is 0 Å². The number of allylic oxidation sites excluding steroid dienone is 12. The van der Waals surface area contributed by atoms with Crippen LogP contribution in [0.1, 0.15) is 296 Å². The Hall–Kier alpha value is -2.66. The number of carbonyl (C=O) groups excluding carboxylic acids is 2. The lowest BCUT2D eigenvalue weighted by molar-refractivity contribution is -0.161. The van der Waals surface area contributed by atoms with Gasteiger partial charge in [0.2, 0.25) is 0 Å². The molecule has 0 amide bonds. The summed E-state index contributed by atoms with van der Waals surface area (Å²) in [6.45, 7) is 4.06. The quantitative estimate of drug-likeness (QED) is 0.0374. The van der Waals surface area contributed by atoms with E-state index in [1.165, 1.54) is 193 Å². The highest BCUT2D eigenvalue weighted by Gasteiger charge is 2.16. The summed E-state index contributed by atoms with van der Waals surface area (Å²) in [5.74, 6) is -0.576. The lowest BCUT2D eigenvalue weighted by atomic mass is 10.0. The fourth-order valence-electron chi connectivity index (χ4n) is 8.62. The van der Waals surface area contributed by atoms with Gasteiger partial charge in [0.15, 0.2) is 6.10 Å². The Morgan fingerprint density at radius 3 is 0.956 bits per heavy atom. The summed E-state index contributed by atoms with van der Waals surface area (Å²) >= 11 is 0. The van der Waals surface area contributed by atoms with Gasteiger partial charge in [-0.05, 0) is 64.2 Å². The van der Waals surface area contributed by atoms with Crippen molar-refractivity contribution in [3.63, 3.8) is 0 Å². The molecular weight excluding hydrogens is 837 g/mol. The molecule has 0 rings (SSSR count). The van der Waals surface area contributed by atoms with Crippen LogP contribution in [0, 0.1) is 0 Å². The summed E-state index contributed by atoms with van der Waals surface area (Å²) in [6, 6.07) is 0. The smallest absolute Gasteiger partial charge is 0.306 e. The van der Waals surface area contributed by atoms with Crippen LogP contribution in [0.15, 0.2) is 72.9 Å². The van der Waals surface area contributed by atoms with Crippen LogP contribution in [-0.2, 0) is 19.1 Å². The molecule has 1 N–H and O–H groups in total. The maximum absolute atomic E-state index is 12.3. The zero-order valence-electron chi connectivity index (χ0n) is 45.1. The van der Waals surface area contributed by atoms with Gasteiger partial charge in [0.05, 0.1) is 6.61 Å². The third-order valence-corrected chi connectivity index (χ3v) is 13.0. The molecule has 394 valence electrons. The number of unbranched alkanes of at least 4 members (excludes halogenated alkanes) is 34. The minimum atomic E-state index is -0.769. The van der Waals surface area contributed by atoms with Crippen LogP contribution in [0.2, 0.25) is 0 Å². The molecule has 0 spiro atoms. The molecule has 0 saturated heterocycles. The first kappa shape index (κ1) is 65.3. The second-order valence-electron chi connectivity index (χ2n) is 19.7. The zero-order chi connectivity index (χ0) is 49.2. The molecule has 5 nitrogen and oxygen atoms in total. The number of carbonyl (C=O) groups is 2. The largest absolute Gasteiger partial charge is 0.462 e. The van der Waals surface area contributed by atoms with Gasteiger partial charge in [-0.1, -0.05) is 292 Å². The highest BCUT2D eigenvalue weighted by atomic mass is 16.6. The Labute approximate surface area is 423 Å². The van der Waals surface area contributed by atoms with Crippen LogP contribution in [0.4, 0.5) is 0 Å². The van der Waals surface area contributed by atoms with Crippen LogP contribution < -0.4 is 0 Å². The second-order valence-corrected chi connectivity index (χ2v) is 19.7. The van der Waals surface area contributed by atoms with Gasteiger partial charge in [-0.3, -0.25) is 9.59 Å². The van der Waals surface area contributed by atoms with E-state index in [2.05, 4.69) is 86.8 Å². The average Bonchev–Trinajstić information content (AvgIpc) is 3.34. The van der Waals surface area contributed by atoms with Gasteiger partial charge in [0.1, 0.15) is 6.61 Å². The fraction of sp³-hybridized carbons (Fsp3) is 0.778. The lowest BCUT2D eigenvalue weighted by Gasteiger charge is -2.15. The molecule has 0 fully saturated rings. The fourth-order valence-corrected chi connectivity index (χ4v) is 8.62. The molecule has 0 aliphatic heterocycles. The maximum atomic E-state index is 12.3. The van der Waals surface area contributed by atoms with E-state index in [0.29, 0.717) is 12.8 Å². The van der Waals surface area contributed by atoms with E-state index in [0.717, 1.165) is 77.0 Å². The van der Waals surface area contributed by atoms with Crippen LogP contribution in [0.25, 0.3) is 0 Å². The molecule has 0 aromatic rings. The Kier molecular flexibility index (Phi) is 56.4. The molecular formula is C63H112O5. The van der Waals surface area contributed by atoms with Crippen LogP contribution in [-0.4, -0.2) is 36.4 Å². The molecule has 0 aliphatic rings. The minimum Gasteiger partial charge on any atom is -0.462 e. The van der Waals surface area contributed by atoms with Crippen molar-refractivity contribution in [1.29, 1.82) is 0 Å². The van der Waals surface area contributed by atoms with Crippen molar-refractivity contribution in [2.45, 2.75) is 302 Å². The number of ether oxygens (including phenoxy) is 2. The molecule has 0 saturated carbocycles. The third-order valence-electron chi connectivity index (χ3n) is 13.0. The van der Waals surface area contributed by atoms with Crippen molar-refractivity contribution in [3.8, 4) is 0 Å². The Morgan fingerprint density at radius 2 is 0.632 bits per heavy atom. The number of aliphatic hydroxyl groups excluding tert-OH is 1. The van der Waals surface area contributed by atoms with E-state index in [1.54, 1.807) is 0 Å². The topological polar surface area (TPSA) is 72.8 Å². The van der Waals surface area contributed by atoms with Gasteiger partial charge in [-0.25, -0.2) is 0 Å². The number of aliphatic hydroxyl groups is 1. The minimum absolute atomic E-state index is 0.0612. The monoisotopic (exact) mass is 949 g/mol. The Bertz CT molecular complexity index is 1210. The van der Waals surface area contributed by atoms with Crippen molar-refractivity contribution < 1.29 is 24.2 Å². The summed E-state index contributed by atoms with van der Waals surface area (Å²) in [6.07, 6.45) is 80.4. The highest BCUT2D eigenvalue weighted by molar-refractivity contribution is 5.70. The standard InChI is InChI=1S/C63H112O5/c1-3-5-7-9-11-13-15-17-19-20-21-22-23-24-25-26-27-28-29-30-31-32-33-34-35-36-37-38-39-40-41-42-44-46-48-50-52-54-56-58-63(66)68-61(59-64)60-67-62(65)57-55-53-51-49-47-45-43-18-16-14-12-10-8-6-4-2/h5,7,11,13,17,19,21-22,24-25,27-28,61,64H,3-4,6,8-10,12,14-16,18,20,23,26,29-60H2,1-2H3/b7-5-,13-11-,19-17-,22-21-,25-24-,28-27-. The third kappa shape index (κ3) is 55.9. The van der Waals surface area contributed by atoms with E-state index in [1.807, 2.05) is 0 Å². The summed E-state index contributed by atoms with van der Waals surface area (Å²) in [5.41, 5.74) is 0. The molecule has 0 bridgehead atoms. The van der Waals surface area contributed by atoms with E-state index in [-0.39, 0.29) is 25.2 Å². The molecule has 0 aromatic carbocycles. The van der Waals surface area contributed by atoms with Crippen molar-refractivity contribution >= 4 is 11.9 Å². The highest BCUT2D eigenvalue weighted by Crippen LogP contribution is 2.17. The molecule has 0 aromatic heterocycles. The summed E-state index contributed by atoms with van der Waals surface area (Å²) in [5, 5.41) is 9.64. The van der Waals surface area contributed by atoms with Crippen molar-refractivity contribution in [1.82, 2.24) is 0 Å². The van der Waals surface area contributed by atoms with Gasteiger partial charge < -0.3 is 14.6 Å². The van der Waals surface area contributed by atoms with Gasteiger partial charge in [-0.2, -0.15) is 0 Å². The van der Waals surface area contributed by atoms with Crippen LogP contribution in [0.5, 0.6) is 0 Å². The molecule has 5 heteroatoms. The van der Waals surface area contributed by atoms with Gasteiger partial charge >= 0.3 is 11.9 Å². The van der Waals surface area contributed by atoms with Crippen molar-refractivity contribution in [2.24, 2.45) is 0 Å². The summed E-state index contributed by atoms with van der Waals surface area (Å²) in [4.78, 5) is 24.5. The van der Waals surface area contributed by atoms with E-state index >= 15 is 0 Å². The predicted molar refractivity (Wildman–Crippen MR) is 297 cm³/mol. The first-order chi connectivity index (χ1) is 33.6. The van der Waals surface area contributed by atoms with Crippen molar-refractivity contribution in [3.05, 3.63) is 72.9 Å². The van der Waals surface area contributed by atoms with E-state index in [4.69, 9.17) is 9.47 Å². The van der Waals surface area contributed by atoms with Gasteiger partial charge in [0, 0.05) is 12.8 Å². The predicted octanol–water partition coefficient (Wildman–Crippen LogP) is 20.0. The van der Waals surface area contributed by atoms with Crippen molar-refractivity contribution in [2.75, 3.05) is 13.2 Å². The molecule has 68 heavy (non-hydrogen) atoms. The summed E-state index contributed by atoms with van der Waals surface area (Å²) < 4.78 is 10.7. The molecule has 0 aliphatic carbocycles. The molecule has 1 atom stereocenters. The first-order valence-electron chi connectivity index (χ1n) is 29.5. The second kappa shape index (κ2) is 58.7. The maximum Gasteiger partial charge on any atom is 0.306 e.